The average molecular weight is 289 g/mol. The molecule has 0 bridgehead atoms. The zero-order valence-corrected chi connectivity index (χ0v) is 13.1. The first-order valence-electron chi connectivity index (χ1n) is 8.01. The largest absolute Gasteiger partial charge is 0.338 e. The summed E-state index contributed by atoms with van der Waals surface area (Å²) in [6.07, 6.45) is 6.44. The van der Waals surface area contributed by atoms with Crippen LogP contribution in [0.1, 0.15) is 50.6 Å². The molecular weight excluding hydrogens is 262 g/mol. The van der Waals surface area contributed by atoms with Crippen molar-refractivity contribution in [2.75, 3.05) is 18.9 Å². The monoisotopic (exact) mass is 289 g/mol. The van der Waals surface area contributed by atoms with Gasteiger partial charge in [0.1, 0.15) is 0 Å². The van der Waals surface area contributed by atoms with Gasteiger partial charge >= 0.3 is 6.03 Å². The van der Waals surface area contributed by atoms with E-state index in [-0.39, 0.29) is 12.1 Å². The maximum atomic E-state index is 12.0. The fourth-order valence-electron chi connectivity index (χ4n) is 2.86. The number of carbonyl (C=O) groups is 1. The van der Waals surface area contributed by atoms with Gasteiger partial charge in [0.25, 0.3) is 0 Å². The van der Waals surface area contributed by atoms with Gasteiger partial charge in [-0.25, -0.2) is 4.79 Å². The average Bonchev–Trinajstić information content (AvgIpc) is 2.53. The number of rotatable bonds is 5. The Bertz CT molecular complexity index is 455. The van der Waals surface area contributed by atoms with E-state index in [2.05, 4.69) is 28.9 Å². The number of carbonyl (C=O) groups excluding carboxylic acids is 1. The van der Waals surface area contributed by atoms with E-state index in [4.69, 9.17) is 0 Å². The van der Waals surface area contributed by atoms with Crippen LogP contribution < -0.4 is 16.0 Å². The zero-order chi connectivity index (χ0) is 15.1. The third kappa shape index (κ3) is 5.05. The van der Waals surface area contributed by atoms with Crippen LogP contribution in [0.2, 0.25) is 0 Å². The third-order valence-electron chi connectivity index (χ3n) is 4.35. The number of anilines is 1. The Morgan fingerprint density at radius 2 is 2.05 bits per heavy atom. The predicted octanol–water partition coefficient (Wildman–Crippen LogP) is 3.67. The first-order chi connectivity index (χ1) is 10.2. The zero-order valence-electron chi connectivity index (χ0n) is 13.1. The van der Waals surface area contributed by atoms with Gasteiger partial charge in [-0.1, -0.05) is 31.4 Å². The highest BCUT2D eigenvalue weighted by atomic mass is 16.2. The molecule has 1 aliphatic carbocycles. The standard InChI is InChI=1S/C17H27N3O/c1-13(18-2)15-9-6-10-16(11-15)20-17(21)19-12-14-7-4-3-5-8-14/h6,9-11,13-14,18H,3-5,7-8,12H2,1-2H3,(H2,19,20,21). The number of hydrogen-bond acceptors (Lipinski definition) is 2. The van der Waals surface area contributed by atoms with Crippen LogP contribution in [-0.2, 0) is 0 Å². The Balaban J connectivity index is 1.81. The SMILES string of the molecule is CNC(C)c1cccc(NC(=O)NCC2CCCCC2)c1. The molecule has 0 aromatic heterocycles. The van der Waals surface area contributed by atoms with Crippen LogP contribution in [0.5, 0.6) is 0 Å². The molecular formula is C17H27N3O. The molecule has 116 valence electrons. The van der Waals surface area contributed by atoms with Gasteiger partial charge in [-0.2, -0.15) is 0 Å². The molecule has 4 nitrogen and oxygen atoms in total. The molecule has 1 atom stereocenters. The van der Waals surface area contributed by atoms with E-state index in [0.29, 0.717) is 5.92 Å². The van der Waals surface area contributed by atoms with Crippen molar-refractivity contribution < 1.29 is 4.79 Å². The highest BCUT2D eigenvalue weighted by Gasteiger charge is 2.14. The van der Waals surface area contributed by atoms with Crippen LogP contribution in [-0.4, -0.2) is 19.6 Å². The summed E-state index contributed by atoms with van der Waals surface area (Å²) >= 11 is 0. The van der Waals surface area contributed by atoms with Crippen LogP contribution in [0.4, 0.5) is 10.5 Å². The lowest BCUT2D eigenvalue weighted by atomic mass is 9.89. The second-order valence-corrected chi connectivity index (χ2v) is 5.97. The highest BCUT2D eigenvalue weighted by Crippen LogP contribution is 2.22. The number of urea groups is 1. The Labute approximate surface area is 127 Å². The molecule has 0 radical (unpaired) electrons. The first kappa shape index (κ1) is 15.8. The molecule has 0 saturated heterocycles. The van der Waals surface area contributed by atoms with Gasteiger partial charge in [0, 0.05) is 18.3 Å². The van der Waals surface area contributed by atoms with Gasteiger partial charge in [0.05, 0.1) is 0 Å². The van der Waals surface area contributed by atoms with Gasteiger partial charge in [-0.05, 0) is 50.4 Å². The van der Waals surface area contributed by atoms with Crippen LogP contribution in [0, 0.1) is 5.92 Å². The van der Waals surface area contributed by atoms with E-state index in [9.17, 15) is 4.79 Å². The van der Waals surface area contributed by atoms with E-state index in [1.165, 1.54) is 37.7 Å². The van der Waals surface area contributed by atoms with E-state index in [1.807, 2.05) is 25.2 Å². The van der Waals surface area contributed by atoms with Gasteiger partial charge in [-0.15, -0.1) is 0 Å². The molecule has 1 aliphatic rings. The van der Waals surface area contributed by atoms with Gasteiger partial charge < -0.3 is 16.0 Å². The second kappa shape index (κ2) is 8.03. The lowest BCUT2D eigenvalue weighted by molar-refractivity contribution is 0.247. The molecule has 21 heavy (non-hydrogen) atoms. The Morgan fingerprint density at radius 1 is 1.29 bits per heavy atom. The molecule has 0 heterocycles. The molecule has 3 N–H and O–H groups in total. The molecule has 2 rings (SSSR count). The van der Waals surface area contributed by atoms with E-state index >= 15 is 0 Å². The summed E-state index contributed by atoms with van der Waals surface area (Å²) in [5.41, 5.74) is 2.01. The first-order valence-corrected chi connectivity index (χ1v) is 8.01. The molecule has 1 aromatic rings. The van der Waals surface area contributed by atoms with Crippen LogP contribution in [0.15, 0.2) is 24.3 Å². The smallest absolute Gasteiger partial charge is 0.319 e. The molecule has 1 fully saturated rings. The normalized spacial score (nSPS) is 17.2. The van der Waals surface area contributed by atoms with Crippen molar-refractivity contribution in [1.82, 2.24) is 10.6 Å². The van der Waals surface area contributed by atoms with Crippen molar-refractivity contribution in [2.45, 2.75) is 45.1 Å². The summed E-state index contributed by atoms with van der Waals surface area (Å²) in [5.74, 6) is 0.653. The Hall–Kier alpha value is -1.55. The van der Waals surface area contributed by atoms with Gasteiger partial charge in [0.15, 0.2) is 0 Å². The van der Waals surface area contributed by atoms with Crippen molar-refractivity contribution >= 4 is 11.7 Å². The Kier molecular flexibility index (Phi) is 6.05. The molecule has 0 spiro atoms. The van der Waals surface area contributed by atoms with Gasteiger partial charge in [0.2, 0.25) is 0 Å². The summed E-state index contributed by atoms with van der Waals surface area (Å²) in [6.45, 7) is 2.89. The fourth-order valence-corrected chi connectivity index (χ4v) is 2.86. The molecule has 2 amide bonds. The lowest BCUT2D eigenvalue weighted by Gasteiger charge is -2.21. The summed E-state index contributed by atoms with van der Waals surface area (Å²) < 4.78 is 0. The quantitative estimate of drug-likeness (QED) is 0.774. The van der Waals surface area contributed by atoms with Crippen LogP contribution in [0.25, 0.3) is 0 Å². The topological polar surface area (TPSA) is 53.2 Å². The molecule has 1 aromatic carbocycles. The van der Waals surface area contributed by atoms with E-state index in [1.54, 1.807) is 0 Å². The number of amides is 2. The van der Waals surface area contributed by atoms with Crippen LogP contribution in [0.3, 0.4) is 0 Å². The molecule has 1 saturated carbocycles. The predicted molar refractivity (Wildman–Crippen MR) is 87.5 cm³/mol. The summed E-state index contributed by atoms with van der Waals surface area (Å²) in [6, 6.07) is 8.14. The minimum absolute atomic E-state index is 0.102. The minimum Gasteiger partial charge on any atom is -0.338 e. The third-order valence-corrected chi connectivity index (χ3v) is 4.35. The van der Waals surface area contributed by atoms with Crippen molar-refractivity contribution in [3.63, 3.8) is 0 Å². The van der Waals surface area contributed by atoms with E-state index < -0.39 is 0 Å². The molecule has 0 aliphatic heterocycles. The van der Waals surface area contributed by atoms with Crippen molar-refractivity contribution in [3.8, 4) is 0 Å². The summed E-state index contributed by atoms with van der Waals surface area (Å²) in [5, 5.41) is 9.12. The van der Waals surface area contributed by atoms with Crippen molar-refractivity contribution in [2.24, 2.45) is 5.92 Å². The fraction of sp³-hybridized carbons (Fsp3) is 0.588. The maximum Gasteiger partial charge on any atom is 0.319 e. The van der Waals surface area contributed by atoms with Crippen LogP contribution >= 0.6 is 0 Å². The van der Waals surface area contributed by atoms with Gasteiger partial charge in [-0.3, -0.25) is 0 Å². The summed E-state index contributed by atoms with van der Waals surface area (Å²) in [4.78, 5) is 12.0. The number of nitrogens with one attached hydrogen (secondary N) is 3. The minimum atomic E-state index is -0.102. The highest BCUT2D eigenvalue weighted by molar-refractivity contribution is 5.89. The van der Waals surface area contributed by atoms with E-state index in [0.717, 1.165) is 12.2 Å². The van der Waals surface area contributed by atoms with Crippen molar-refractivity contribution in [3.05, 3.63) is 29.8 Å². The second-order valence-electron chi connectivity index (χ2n) is 5.97. The number of hydrogen-bond donors (Lipinski definition) is 3. The molecule has 4 heteroatoms. The summed E-state index contributed by atoms with van der Waals surface area (Å²) in [7, 11) is 1.93. The van der Waals surface area contributed by atoms with Crippen molar-refractivity contribution in [1.29, 1.82) is 0 Å². The maximum absolute atomic E-state index is 12.0. The Morgan fingerprint density at radius 3 is 2.76 bits per heavy atom. The lowest BCUT2D eigenvalue weighted by Crippen LogP contribution is -2.33. The number of benzene rings is 1. The molecule has 1 unspecified atom stereocenters.